The van der Waals surface area contributed by atoms with E-state index < -0.39 is 0 Å². The van der Waals surface area contributed by atoms with Crippen LogP contribution < -0.4 is 0 Å². The quantitative estimate of drug-likeness (QED) is 0.673. The van der Waals surface area contributed by atoms with Gasteiger partial charge in [0.05, 0.1) is 13.2 Å². The van der Waals surface area contributed by atoms with Crippen molar-refractivity contribution in [3.63, 3.8) is 0 Å². The summed E-state index contributed by atoms with van der Waals surface area (Å²) in [7, 11) is 1.48. The van der Waals surface area contributed by atoms with Gasteiger partial charge in [-0.1, -0.05) is 73.9 Å². The molecule has 0 radical (unpaired) electrons. The normalized spacial score (nSPS) is 28.8. The van der Waals surface area contributed by atoms with Gasteiger partial charge in [0.25, 0.3) is 0 Å². The van der Waals surface area contributed by atoms with Gasteiger partial charge in [-0.25, -0.2) is 4.79 Å². The summed E-state index contributed by atoms with van der Waals surface area (Å²) in [5.41, 5.74) is 5.08. The molecule has 3 heteroatoms. The first-order chi connectivity index (χ1) is 14.3. The van der Waals surface area contributed by atoms with Crippen molar-refractivity contribution in [2.45, 2.75) is 38.1 Å². The van der Waals surface area contributed by atoms with E-state index in [1.165, 1.54) is 55.9 Å². The first kappa shape index (κ1) is 18.5. The van der Waals surface area contributed by atoms with Crippen molar-refractivity contribution >= 4 is 11.5 Å². The zero-order chi connectivity index (χ0) is 19.8. The monoisotopic (exact) mass is 387 g/mol. The van der Waals surface area contributed by atoms with E-state index >= 15 is 0 Å². The molecule has 1 aromatic carbocycles. The van der Waals surface area contributed by atoms with E-state index in [0.29, 0.717) is 11.8 Å². The van der Waals surface area contributed by atoms with E-state index in [1.54, 1.807) is 0 Å². The molecule has 1 aromatic rings. The average molecular weight is 388 g/mol. The molecule has 3 unspecified atom stereocenters. The topological polar surface area (TPSA) is 29.5 Å². The summed E-state index contributed by atoms with van der Waals surface area (Å²) in [5, 5.41) is 0. The van der Waals surface area contributed by atoms with Crippen LogP contribution in [0.5, 0.6) is 0 Å². The van der Waals surface area contributed by atoms with Gasteiger partial charge in [0.2, 0.25) is 0 Å². The first-order valence-corrected chi connectivity index (χ1v) is 11.0. The number of esters is 1. The maximum absolute atomic E-state index is 12.4. The minimum absolute atomic E-state index is 0.0945. The van der Waals surface area contributed by atoms with Crippen molar-refractivity contribution < 1.29 is 9.53 Å². The Kier molecular flexibility index (Phi) is 4.91. The number of allylic oxidation sites excluding steroid dienone is 3. The van der Waals surface area contributed by atoms with E-state index in [-0.39, 0.29) is 17.9 Å². The molecule has 150 valence electrons. The summed E-state index contributed by atoms with van der Waals surface area (Å²) in [6, 6.07) is 11.1. The van der Waals surface area contributed by atoms with Gasteiger partial charge < -0.3 is 9.64 Å². The number of ether oxygens (including phenoxy) is 1. The molecule has 5 rings (SSSR count). The Morgan fingerprint density at radius 1 is 1.07 bits per heavy atom. The molecular weight excluding hydrogens is 358 g/mol. The second-order valence-corrected chi connectivity index (χ2v) is 8.69. The fraction of sp³-hybridized carbons (Fsp3) is 0.423. The molecule has 3 nitrogen and oxygen atoms in total. The molecule has 0 N–H and O–H groups in total. The highest BCUT2D eigenvalue weighted by Crippen LogP contribution is 2.49. The fourth-order valence-electron chi connectivity index (χ4n) is 5.89. The lowest BCUT2D eigenvalue weighted by Crippen LogP contribution is -2.39. The molecule has 0 saturated heterocycles. The number of benzene rings is 1. The SMILES string of the molecule is COC(=O)C1=CC=C2C(C3CCCCC3)C(c3ccccc3)=CCN3C=CC1C23. The molecule has 2 aliphatic heterocycles. The highest BCUT2D eigenvalue weighted by molar-refractivity contribution is 5.91. The molecule has 4 aliphatic rings. The van der Waals surface area contributed by atoms with Crippen molar-refractivity contribution in [3.8, 4) is 0 Å². The van der Waals surface area contributed by atoms with Crippen LogP contribution in [-0.4, -0.2) is 30.6 Å². The van der Waals surface area contributed by atoms with Gasteiger partial charge in [0, 0.05) is 24.0 Å². The number of carbonyl (C=O) groups excluding carboxylic acids is 1. The van der Waals surface area contributed by atoms with Gasteiger partial charge in [0.15, 0.2) is 0 Å². The molecule has 0 bridgehead atoms. The molecule has 0 amide bonds. The molecule has 0 spiro atoms. The molecule has 0 aromatic heterocycles. The second kappa shape index (κ2) is 7.70. The molecule has 1 fully saturated rings. The Balaban J connectivity index is 1.63. The average Bonchev–Trinajstić information content (AvgIpc) is 3.13. The summed E-state index contributed by atoms with van der Waals surface area (Å²) < 4.78 is 5.08. The zero-order valence-corrected chi connectivity index (χ0v) is 17.1. The number of hydrogen-bond acceptors (Lipinski definition) is 3. The predicted molar refractivity (Wildman–Crippen MR) is 116 cm³/mol. The van der Waals surface area contributed by atoms with Crippen molar-refractivity contribution in [2.75, 3.05) is 13.7 Å². The molecule has 2 heterocycles. The third kappa shape index (κ3) is 3.17. The Morgan fingerprint density at radius 3 is 2.62 bits per heavy atom. The molecule has 29 heavy (non-hydrogen) atoms. The lowest BCUT2D eigenvalue weighted by molar-refractivity contribution is -0.136. The Labute approximate surface area is 173 Å². The standard InChI is InChI=1S/C26H29NO2/c1-29-26(28)22-12-13-23-24(19-10-6-3-7-11-19)20(18-8-4-2-5-9-18)14-16-27-17-15-21(22)25(23)27/h2,4-5,8-9,12-15,17,19,21,24-25H,3,6-7,10-11,16H2,1H3. The summed E-state index contributed by atoms with van der Waals surface area (Å²) >= 11 is 0. The number of carbonyl (C=O) groups is 1. The predicted octanol–water partition coefficient (Wildman–Crippen LogP) is 5.13. The largest absolute Gasteiger partial charge is 0.466 e. The highest BCUT2D eigenvalue weighted by Gasteiger charge is 2.45. The van der Waals surface area contributed by atoms with Crippen molar-refractivity contribution in [1.29, 1.82) is 0 Å². The van der Waals surface area contributed by atoms with Gasteiger partial charge in [0.1, 0.15) is 0 Å². The van der Waals surface area contributed by atoms with Crippen LogP contribution in [0.4, 0.5) is 0 Å². The summed E-state index contributed by atoms with van der Waals surface area (Å²) in [5.74, 6) is 0.991. The highest BCUT2D eigenvalue weighted by atomic mass is 16.5. The molecule has 2 aliphatic carbocycles. The van der Waals surface area contributed by atoms with Gasteiger partial charge >= 0.3 is 5.97 Å². The Bertz CT molecular complexity index is 902. The van der Waals surface area contributed by atoms with Crippen LogP contribution in [0.15, 0.2) is 72.0 Å². The fourth-order valence-corrected chi connectivity index (χ4v) is 5.89. The maximum atomic E-state index is 12.4. The Hall–Kier alpha value is -2.55. The van der Waals surface area contributed by atoms with Crippen molar-refractivity contribution in [3.05, 3.63) is 77.5 Å². The van der Waals surface area contributed by atoms with Crippen LogP contribution in [-0.2, 0) is 9.53 Å². The van der Waals surface area contributed by atoms with E-state index in [9.17, 15) is 4.79 Å². The lowest BCUT2D eigenvalue weighted by Gasteiger charge is -2.40. The number of nitrogens with zero attached hydrogens (tertiary/aromatic N) is 1. The van der Waals surface area contributed by atoms with E-state index in [0.717, 1.165) is 12.1 Å². The van der Waals surface area contributed by atoms with Crippen LogP contribution in [0, 0.1) is 17.8 Å². The Morgan fingerprint density at radius 2 is 1.86 bits per heavy atom. The third-order valence-corrected chi connectivity index (χ3v) is 7.20. The van der Waals surface area contributed by atoms with Crippen LogP contribution in [0.3, 0.4) is 0 Å². The minimum atomic E-state index is -0.202. The smallest absolute Gasteiger partial charge is 0.334 e. The molecular formula is C26H29NO2. The number of hydrogen-bond donors (Lipinski definition) is 0. The number of rotatable bonds is 3. The summed E-state index contributed by atoms with van der Waals surface area (Å²) in [6.45, 7) is 0.886. The second-order valence-electron chi connectivity index (χ2n) is 8.69. The van der Waals surface area contributed by atoms with Gasteiger partial charge in [-0.05, 0) is 41.7 Å². The van der Waals surface area contributed by atoms with Gasteiger partial charge in [-0.3, -0.25) is 0 Å². The lowest BCUT2D eigenvalue weighted by atomic mass is 9.67. The van der Waals surface area contributed by atoms with E-state index in [1.807, 2.05) is 6.08 Å². The number of methoxy groups -OCH3 is 1. The van der Waals surface area contributed by atoms with Crippen LogP contribution in [0.25, 0.3) is 5.57 Å². The minimum Gasteiger partial charge on any atom is -0.466 e. The first-order valence-electron chi connectivity index (χ1n) is 11.0. The van der Waals surface area contributed by atoms with Crippen molar-refractivity contribution in [2.24, 2.45) is 17.8 Å². The van der Waals surface area contributed by atoms with Crippen LogP contribution in [0.2, 0.25) is 0 Å². The molecule has 1 saturated carbocycles. The molecule has 3 atom stereocenters. The van der Waals surface area contributed by atoms with E-state index in [4.69, 9.17) is 4.74 Å². The summed E-state index contributed by atoms with van der Waals surface area (Å²) in [6.07, 6.45) is 17.7. The van der Waals surface area contributed by atoms with Crippen LogP contribution >= 0.6 is 0 Å². The third-order valence-electron chi connectivity index (χ3n) is 7.20. The zero-order valence-electron chi connectivity index (χ0n) is 17.1. The van der Waals surface area contributed by atoms with E-state index in [2.05, 4.69) is 59.7 Å². The summed E-state index contributed by atoms with van der Waals surface area (Å²) in [4.78, 5) is 14.8. The maximum Gasteiger partial charge on any atom is 0.334 e. The van der Waals surface area contributed by atoms with Crippen LogP contribution in [0.1, 0.15) is 37.7 Å². The van der Waals surface area contributed by atoms with Gasteiger partial charge in [-0.2, -0.15) is 0 Å². The van der Waals surface area contributed by atoms with Crippen molar-refractivity contribution in [1.82, 2.24) is 4.90 Å². The van der Waals surface area contributed by atoms with Gasteiger partial charge in [-0.15, -0.1) is 0 Å².